The van der Waals surface area contributed by atoms with Crippen LogP contribution in [0.5, 0.6) is 0 Å². The summed E-state index contributed by atoms with van der Waals surface area (Å²) in [5.74, 6) is 1.54. The van der Waals surface area contributed by atoms with Gasteiger partial charge in [-0.3, -0.25) is 0 Å². The molecule has 2 N–H and O–H groups in total. The van der Waals surface area contributed by atoms with Crippen LogP contribution in [0, 0.1) is 12.8 Å². The average Bonchev–Trinajstić information content (AvgIpc) is 2.84. The molecule has 0 radical (unpaired) electrons. The van der Waals surface area contributed by atoms with E-state index in [9.17, 15) is 0 Å². The van der Waals surface area contributed by atoms with E-state index in [1.165, 1.54) is 27.8 Å². The summed E-state index contributed by atoms with van der Waals surface area (Å²) in [5.41, 5.74) is 16.1. The molecule has 1 heteroatoms. The maximum Gasteiger partial charge on any atom is 0.0296 e. The van der Waals surface area contributed by atoms with E-state index < -0.39 is 0 Å². The summed E-state index contributed by atoms with van der Waals surface area (Å²) >= 11 is 0. The first-order chi connectivity index (χ1) is 12.3. The summed E-state index contributed by atoms with van der Waals surface area (Å²) in [6.45, 7) is 17.5. The van der Waals surface area contributed by atoms with Gasteiger partial charge in [0.05, 0.1) is 0 Å². The van der Waals surface area contributed by atoms with Crippen molar-refractivity contribution < 1.29 is 0 Å². The van der Waals surface area contributed by atoms with Gasteiger partial charge in [0, 0.05) is 12.0 Å². The van der Waals surface area contributed by atoms with Gasteiger partial charge < -0.3 is 5.73 Å². The van der Waals surface area contributed by atoms with Gasteiger partial charge in [0.15, 0.2) is 0 Å². The standard InChI is InChI=1S/C25H33N/c1-15(2)23-16(3)10-8-12-22(26)25-20(14-13-18(23)5)19(6)24-17(4)9-7-11-21(24)25/h7-9,11-12,19-20,22,25H,1,3,10,13-14,26H2,2,4-6H3/b12-8-,23-18-. The highest BCUT2D eigenvalue weighted by atomic mass is 14.7. The molecule has 0 amide bonds. The van der Waals surface area contributed by atoms with E-state index in [4.69, 9.17) is 5.73 Å². The molecule has 2 aliphatic carbocycles. The van der Waals surface area contributed by atoms with Gasteiger partial charge in [-0.25, -0.2) is 0 Å². The summed E-state index contributed by atoms with van der Waals surface area (Å²) in [6.07, 6.45) is 7.53. The Kier molecular flexibility index (Phi) is 5.39. The van der Waals surface area contributed by atoms with E-state index in [0.29, 0.717) is 17.8 Å². The Morgan fingerprint density at radius 2 is 1.96 bits per heavy atom. The van der Waals surface area contributed by atoms with Crippen LogP contribution in [0.25, 0.3) is 0 Å². The molecular formula is C25H33N. The van der Waals surface area contributed by atoms with Gasteiger partial charge in [-0.1, -0.05) is 61.6 Å². The van der Waals surface area contributed by atoms with E-state index in [1.54, 1.807) is 0 Å². The van der Waals surface area contributed by atoms with Crippen LogP contribution in [0.4, 0.5) is 0 Å². The Balaban J connectivity index is 2.05. The molecule has 4 unspecified atom stereocenters. The third kappa shape index (κ3) is 3.25. The van der Waals surface area contributed by atoms with E-state index in [1.807, 2.05) is 0 Å². The quantitative estimate of drug-likeness (QED) is 0.590. The molecule has 138 valence electrons. The summed E-state index contributed by atoms with van der Waals surface area (Å²) < 4.78 is 0. The molecule has 0 heterocycles. The van der Waals surface area contributed by atoms with Gasteiger partial charge in [0.25, 0.3) is 0 Å². The number of fused-ring (bicyclic) bond motifs is 3. The van der Waals surface area contributed by atoms with Gasteiger partial charge in [0.1, 0.15) is 0 Å². The number of allylic oxidation sites excluding steroid dienone is 5. The van der Waals surface area contributed by atoms with Gasteiger partial charge in [-0.15, -0.1) is 0 Å². The number of hydrogen-bond acceptors (Lipinski definition) is 1. The van der Waals surface area contributed by atoms with Crippen molar-refractivity contribution in [3.8, 4) is 0 Å². The molecule has 1 nitrogen and oxygen atoms in total. The lowest BCUT2D eigenvalue weighted by Gasteiger charge is -2.27. The zero-order valence-corrected chi connectivity index (χ0v) is 16.8. The van der Waals surface area contributed by atoms with Gasteiger partial charge in [0.2, 0.25) is 0 Å². The van der Waals surface area contributed by atoms with E-state index >= 15 is 0 Å². The zero-order valence-electron chi connectivity index (χ0n) is 16.8. The predicted molar refractivity (Wildman–Crippen MR) is 113 cm³/mol. The lowest BCUT2D eigenvalue weighted by Crippen LogP contribution is -2.30. The number of hydrogen-bond donors (Lipinski definition) is 1. The molecule has 0 saturated heterocycles. The van der Waals surface area contributed by atoms with Crippen LogP contribution in [0.2, 0.25) is 0 Å². The molecule has 0 fully saturated rings. The Hall–Kier alpha value is -1.86. The van der Waals surface area contributed by atoms with Crippen LogP contribution in [0.15, 0.2) is 65.8 Å². The molecule has 0 saturated carbocycles. The Morgan fingerprint density at radius 1 is 1.23 bits per heavy atom. The van der Waals surface area contributed by atoms with E-state index in [0.717, 1.165) is 30.4 Å². The number of rotatable bonds is 1. The first kappa shape index (κ1) is 18.9. The van der Waals surface area contributed by atoms with Crippen molar-refractivity contribution in [2.75, 3.05) is 0 Å². The SMILES string of the molecule is C=C(C)/C1=C(\C)CCC2C(C)c3c(C)cccc3C2C(N)/C=C\CC1=C. The van der Waals surface area contributed by atoms with Crippen LogP contribution in [-0.2, 0) is 0 Å². The third-order valence-electron chi connectivity index (χ3n) is 6.47. The van der Waals surface area contributed by atoms with Crippen molar-refractivity contribution in [3.05, 3.63) is 82.5 Å². The molecular weight excluding hydrogens is 314 g/mol. The molecule has 4 atom stereocenters. The molecule has 3 rings (SSSR count). The second kappa shape index (κ2) is 7.40. The van der Waals surface area contributed by atoms with Crippen molar-refractivity contribution in [1.82, 2.24) is 0 Å². The zero-order chi connectivity index (χ0) is 19.0. The van der Waals surface area contributed by atoms with Crippen LogP contribution in [-0.4, -0.2) is 6.04 Å². The van der Waals surface area contributed by atoms with Crippen LogP contribution in [0.1, 0.15) is 68.6 Å². The molecule has 0 bridgehead atoms. The number of aryl methyl sites for hydroxylation is 1. The molecule has 1 aromatic rings. The highest BCUT2D eigenvalue weighted by Crippen LogP contribution is 2.51. The van der Waals surface area contributed by atoms with Gasteiger partial charge in [-0.05, 0) is 79.7 Å². The Bertz CT molecular complexity index is 792. The summed E-state index contributed by atoms with van der Waals surface area (Å²) in [4.78, 5) is 0. The van der Waals surface area contributed by atoms with Crippen LogP contribution < -0.4 is 5.73 Å². The van der Waals surface area contributed by atoms with Crippen molar-refractivity contribution >= 4 is 0 Å². The second-order valence-corrected chi connectivity index (χ2v) is 8.34. The van der Waals surface area contributed by atoms with Crippen LogP contribution in [0.3, 0.4) is 0 Å². The third-order valence-corrected chi connectivity index (χ3v) is 6.47. The Labute approximate surface area is 159 Å². The largest absolute Gasteiger partial charge is 0.324 e. The molecule has 1 aromatic carbocycles. The summed E-state index contributed by atoms with van der Waals surface area (Å²) in [5, 5.41) is 0. The van der Waals surface area contributed by atoms with Crippen molar-refractivity contribution in [3.63, 3.8) is 0 Å². The minimum Gasteiger partial charge on any atom is -0.324 e. The maximum absolute atomic E-state index is 6.71. The first-order valence-electron chi connectivity index (χ1n) is 9.88. The molecule has 0 spiro atoms. The van der Waals surface area contributed by atoms with Gasteiger partial charge >= 0.3 is 0 Å². The van der Waals surface area contributed by atoms with Crippen LogP contribution >= 0.6 is 0 Å². The molecule has 2 aliphatic rings. The fourth-order valence-corrected chi connectivity index (χ4v) is 5.36. The lowest BCUT2D eigenvalue weighted by molar-refractivity contribution is 0.357. The smallest absolute Gasteiger partial charge is 0.0296 e. The molecule has 0 aliphatic heterocycles. The fraction of sp³-hybridized carbons (Fsp3) is 0.440. The minimum atomic E-state index is 0.0602. The first-order valence-corrected chi connectivity index (χ1v) is 9.88. The predicted octanol–water partition coefficient (Wildman–Crippen LogP) is 6.33. The normalized spacial score (nSPS) is 33.2. The fourth-order valence-electron chi connectivity index (χ4n) is 5.36. The van der Waals surface area contributed by atoms with Crippen molar-refractivity contribution in [1.29, 1.82) is 0 Å². The highest BCUT2D eigenvalue weighted by Gasteiger charge is 2.41. The molecule has 0 aromatic heterocycles. The number of nitrogens with two attached hydrogens (primary N) is 1. The summed E-state index contributed by atoms with van der Waals surface area (Å²) in [6, 6.07) is 6.80. The monoisotopic (exact) mass is 347 g/mol. The lowest BCUT2D eigenvalue weighted by atomic mass is 9.79. The highest BCUT2D eigenvalue weighted by molar-refractivity contribution is 5.49. The molecule has 26 heavy (non-hydrogen) atoms. The van der Waals surface area contributed by atoms with E-state index in [-0.39, 0.29) is 6.04 Å². The van der Waals surface area contributed by atoms with Gasteiger partial charge in [-0.2, -0.15) is 0 Å². The number of benzene rings is 1. The Morgan fingerprint density at radius 3 is 2.65 bits per heavy atom. The average molecular weight is 348 g/mol. The van der Waals surface area contributed by atoms with Crippen molar-refractivity contribution in [2.45, 2.75) is 64.8 Å². The summed E-state index contributed by atoms with van der Waals surface area (Å²) in [7, 11) is 0. The minimum absolute atomic E-state index is 0.0602. The second-order valence-electron chi connectivity index (χ2n) is 8.34. The topological polar surface area (TPSA) is 26.0 Å². The van der Waals surface area contributed by atoms with Crippen molar-refractivity contribution in [2.24, 2.45) is 11.7 Å². The van der Waals surface area contributed by atoms with E-state index in [2.05, 4.69) is 71.2 Å². The maximum atomic E-state index is 6.71.